The van der Waals surface area contributed by atoms with Crippen LogP contribution in [0.3, 0.4) is 0 Å². The number of aliphatic hydroxyl groups is 2. The molecule has 0 aromatic heterocycles. The van der Waals surface area contributed by atoms with Crippen molar-refractivity contribution in [3.05, 3.63) is 35.1 Å². The van der Waals surface area contributed by atoms with Gasteiger partial charge in [0.1, 0.15) is 5.76 Å². The molecule has 0 aromatic carbocycles. The molecule has 0 amide bonds. The maximum absolute atomic E-state index is 11.4. The lowest BCUT2D eigenvalue weighted by Gasteiger charge is -2.60. The Morgan fingerprint density at radius 3 is 2.63 bits per heavy atom. The summed E-state index contributed by atoms with van der Waals surface area (Å²) in [6, 6.07) is 0. The largest absolute Gasteiger partial charge is 0.423 e. The zero-order valence-electron chi connectivity index (χ0n) is 18.9. The molecule has 0 bridgehead atoms. The van der Waals surface area contributed by atoms with Gasteiger partial charge in [-0.25, -0.2) is 4.79 Å². The van der Waals surface area contributed by atoms with E-state index in [9.17, 15) is 15.0 Å². The normalized spacial score (nSPS) is 47.3. The summed E-state index contributed by atoms with van der Waals surface area (Å²) in [5.41, 5.74) is 0.936. The van der Waals surface area contributed by atoms with Gasteiger partial charge in [0.05, 0.1) is 11.7 Å². The smallest absolute Gasteiger partial charge is 0.336 e. The number of hydrogen-bond donors (Lipinski definition) is 2. The lowest BCUT2D eigenvalue weighted by molar-refractivity contribution is -0.182. The first kappa shape index (κ1) is 21.8. The van der Waals surface area contributed by atoms with E-state index < -0.39 is 11.9 Å². The van der Waals surface area contributed by atoms with Gasteiger partial charge in [0.2, 0.25) is 0 Å². The monoisotopic (exact) mass is 416 g/mol. The van der Waals surface area contributed by atoms with Crippen molar-refractivity contribution in [2.45, 2.75) is 91.1 Å². The fourth-order valence-corrected chi connectivity index (χ4v) is 7.20. The van der Waals surface area contributed by atoms with Crippen molar-refractivity contribution in [2.75, 3.05) is 0 Å². The van der Waals surface area contributed by atoms with E-state index in [0.29, 0.717) is 12.2 Å². The third-order valence-corrected chi connectivity index (χ3v) is 8.53. The van der Waals surface area contributed by atoms with Gasteiger partial charge in [-0.2, -0.15) is 0 Å². The lowest BCUT2D eigenvalue weighted by Crippen LogP contribution is -2.61. The first-order chi connectivity index (χ1) is 14.0. The highest BCUT2D eigenvalue weighted by Gasteiger charge is 2.68. The Bertz CT molecular complexity index is 821. The molecule has 2 heterocycles. The molecule has 0 radical (unpaired) electrons. The maximum Gasteiger partial charge on any atom is 0.336 e. The number of allylic oxidation sites excluding steroid dienone is 4. The van der Waals surface area contributed by atoms with Crippen LogP contribution in [0.5, 0.6) is 0 Å². The Morgan fingerprint density at radius 1 is 1.27 bits per heavy atom. The first-order valence-corrected chi connectivity index (χ1v) is 11.3. The van der Waals surface area contributed by atoms with Crippen LogP contribution < -0.4 is 0 Å². The molecule has 0 spiro atoms. The fraction of sp³-hybridized carbons (Fsp3) is 0.720. The summed E-state index contributed by atoms with van der Waals surface area (Å²) < 4.78 is 11.2. The molecular formula is C25H36O5. The molecule has 2 aliphatic heterocycles. The number of carbonyl (C=O) groups is 1. The minimum atomic E-state index is -0.822. The molecule has 30 heavy (non-hydrogen) atoms. The van der Waals surface area contributed by atoms with E-state index in [1.54, 1.807) is 0 Å². The predicted octanol–water partition coefficient (Wildman–Crippen LogP) is 4.40. The summed E-state index contributed by atoms with van der Waals surface area (Å²) >= 11 is 0. The molecule has 4 aliphatic rings. The van der Waals surface area contributed by atoms with Gasteiger partial charge in [0.25, 0.3) is 0 Å². The van der Waals surface area contributed by atoms with Crippen molar-refractivity contribution in [2.24, 2.45) is 22.7 Å². The van der Waals surface area contributed by atoms with Gasteiger partial charge in [-0.1, -0.05) is 31.9 Å². The molecule has 4 rings (SSSR count). The molecule has 3 fully saturated rings. The fourth-order valence-electron chi connectivity index (χ4n) is 7.20. The minimum absolute atomic E-state index is 0.0596. The van der Waals surface area contributed by atoms with Crippen LogP contribution in [0.25, 0.3) is 0 Å². The van der Waals surface area contributed by atoms with Crippen molar-refractivity contribution in [1.29, 1.82) is 0 Å². The van der Waals surface area contributed by atoms with E-state index in [0.717, 1.165) is 37.7 Å². The van der Waals surface area contributed by atoms with Crippen LogP contribution in [0.2, 0.25) is 0 Å². The molecule has 2 saturated carbocycles. The van der Waals surface area contributed by atoms with E-state index >= 15 is 0 Å². The second-order valence-corrected chi connectivity index (χ2v) is 10.8. The highest BCUT2D eigenvalue weighted by Crippen LogP contribution is 2.67. The number of ether oxygens (including phenoxy) is 2. The molecule has 0 aromatic rings. The highest BCUT2D eigenvalue weighted by atomic mass is 16.6. The van der Waals surface area contributed by atoms with E-state index in [-0.39, 0.29) is 34.7 Å². The molecule has 0 unspecified atom stereocenters. The van der Waals surface area contributed by atoms with Crippen LogP contribution in [0.15, 0.2) is 35.1 Å². The summed E-state index contributed by atoms with van der Waals surface area (Å²) in [5, 5.41) is 22.1. The van der Waals surface area contributed by atoms with E-state index in [4.69, 9.17) is 9.47 Å². The standard InChI is InChI=1S/C25H36O5/c1-15(7-9-17-16(2)13-20(26)29-17)8-10-19-23(3)11-6-12-24(4)21(23)18(30-22(24)27)14-25(19,5)28/h7,9,13,18-19,21-22,27-28H,6,8,10-12,14H2,1-5H3/b15-7+,17-9-/t18-,19+,21+,22-,23+,24+,25+/m0/s1. The summed E-state index contributed by atoms with van der Waals surface area (Å²) in [5.74, 6) is 0.712. The van der Waals surface area contributed by atoms with Crippen molar-refractivity contribution in [3.63, 3.8) is 0 Å². The van der Waals surface area contributed by atoms with Crippen LogP contribution in [0.1, 0.15) is 73.1 Å². The van der Waals surface area contributed by atoms with Gasteiger partial charge in [0, 0.05) is 23.8 Å². The summed E-state index contributed by atoms with van der Waals surface area (Å²) in [4.78, 5) is 11.4. The molecular weight excluding hydrogens is 380 g/mol. The van der Waals surface area contributed by atoms with Gasteiger partial charge in [0.15, 0.2) is 6.29 Å². The SMILES string of the molecule is CC1=CC(=O)O/C1=C\C=C(/C)CC[C@@H]1[C@@]2(C)CCC[C@]3(C)[C@@H]2[C@H](C[C@@]1(C)O)O[C@@H]3O. The Balaban J connectivity index is 1.53. The zero-order valence-corrected chi connectivity index (χ0v) is 18.9. The highest BCUT2D eigenvalue weighted by molar-refractivity contribution is 5.88. The van der Waals surface area contributed by atoms with Crippen LogP contribution in [0, 0.1) is 22.7 Å². The van der Waals surface area contributed by atoms with E-state index in [1.165, 1.54) is 11.6 Å². The van der Waals surface area contributed by atoms with E-state index in [1.807, 2.05) is 26.0 Å². The number of rotatable bonds is 4. The average molecular weight is 417 g/mol. The Hall–Kier alpha value is -1.43. The van der Waals surface area contributed by atoms with Gasteiger partial charge < -0.3 is 19.7 Å². The van der Waals surface area contributed by atoms with Crippen molar-refractivity contribution in [1.82, 2.24) is 0 Å². The molecule has 5 nitrogen and oxygen atoms in total. The van der Waals surface area contributed by atoms with Gasteiger partial charge in [-0.3, -0.25) is 0 Å². The van der Waals surface area contributed by atoms with Crippen molar-refractivity contribution in [3.8, 4) is 0 Å². The van der Waals surface area contributed by atoms with Crippen molar-refractivity contribution >= 4 is 5.97 Å². The lowest BCUT2D eigenvalue weighted by atomic mass is 9.44. The third kappa shape index (κ3) is 3.39. The third-order valence-electron chi connectivity index (χ3n) is 8.53. The second-order valence-electron chi connectivity index (χ2n) is 10.8. The quantitative estimate of drug-likeness (QED) is 0.664. The zero-order chi connectivity index (χ0) is 21.9. The maximum atomic E-state index is 11.4. The number of hydrogen-bond acceptors (Lipinski definition) is 5. The van der Waals surface area contributed by atoms with Crippen LogP contribution in [0.4, 0.5) is 0 Å². The Labute approximate surface area is 179 Å². The number of carbonyl (C=O) groups excluding carboxylic acids is 1. The van der Waals surface area contributed by atoms with Crippen LogP contribution in [-0.4, -0.2) is 34.2 Å². The average Bonchev–Trinajstić information content (AvgIpc) is 3.08. The second kappa shape index (κ2) is 7.32. The molecule has 166 valence electrons. The molecule has 7 atom stereocenters. The van der Waals surface area contributed by atoms with Crippen LogP contribution >= 0.6 is 0 Å². The van der Waals surface area contributed by atoms with Crippen LogP contribution in [-0.2, 0) is 14.3 Å². The van der Waals surface area contributed by atoms with Crippen molar-refractivity contribution < 1.29 is 24.5 Å². The predicted molar refractivity (Wildman–Crippen MR) is 114 cm³/mol. The van der Waals surface area contributed by atoms with Gasteiger partial charge in [-0.05, 0) is 69.4 Å². The van der Waals surface area contributed by atoms with E-state index in [2.05, 4.69) is 20.8 Å². The molecule has 5 heteroatoms. The minimum Gasteiger partial charge on any atom is -0.423 e. The number of esters is 1. The van der Waals surface area contributed by atoms with Gasteiger partial charge in [-0.15, -0.1) is 0 Å². The summed E-state index contributed by atoms with van der Waals surface area (Å²) in [6.07, 6.45) is 10.0. The number of cyclic esters (lactones) is 1. The topological polar surface area (TPSA) is 76.0 Å². The first-order valence-electron chi connectivity index (χ1n) is 11.3. The summed E-state index contributed by atoms with van der Waals surface area (Å²) in [7, 11) is 0. The molecule has 2 aliphatic carbocycles. The molecule has 2 N–H and O–H groups in total. The van der Waals surface area contributed by atoms with Gasteiger partial charge >= 0.3 is 5.97 Å². The number of aliphatic hydroxyl groups excluding tert-OH is 1. The Morgan fingerprint density at radius 2 is 1.97 bits per heavy atom. The Kier molecular flexibility index (Phi) is 5.32. The molecule has 1 saturated heterocycles. The summed E-state index contributed by atoms with van der Waals surface area (Å²) in [6.45, 7) is 10.4.